The zero-order valence-electron chi connectivity index (χ0n) is 19.9. The van der Waals surface area contributed by atoms with Gasteiger partial charge in [-0.15, -0.1) is 0 Å². The van der Waals surface area contributed by atoms with Gasteiger partial charge in [0.25, 0.3) is 11.5 Å². The van der Waals surface area contributed by atoms with Gasteiger partial charge in [-0.2, -0.15) is 5.10 Å². The number of hydrogen-bond acceptors (Lipinski definition) is 5. The predicted molar refractivity (Wildman–Crippen MR) is 134 cm³/mol. The topological polar surface area (TPSA) is 93.1 Å². The molecule has 1 aromatic carbocycles. The summed E-state index contributed by atoms with van der Waals surface area (Å²) in [4.78, 5) is 35.5. The fourth-order valence-corrected chi connectivity index (χ4v) is 5.58. The molecule has 3 aromatic heterocycles. The molecule has 1 saturated carbocycles. The number of pyridine rings is 2. The number of piperidine rings is 1. The number of aryl methyl sites for hydroxylation is 1. The number of nitrogens with one attached hydrogen (secondary N) is 1. The summed E-state index contributed by atoms with van der Waals surface area (Å²) in [6.07, 6.45) is 9.46. The van der Waals surface area contributed by atoms with E-state index in [4.69, 9.17) is 4.74 Å². The molecule has 0 spiro atoms. The van der Waals surface area contributed by atoms with Crippen molar-refractivity contribution in [3.8, 4) is 5.88 Å². The van der Waals surface area contributed by atoms with Crippen LogP contribution in [0.1, 0.15) is 60.5 Å². The Balaban J connectivity index is 1.30. The average molecular weight is 472 g/mol. The molecule has 1 aliphatic heterocycles. The number of aromatic nitrogens is 4. The summed E-state index contributed by atoms with van der Waals surface area (Å²) in [5, 5.41) is 6.06. The third-order valence-corrected chi connectivity index (χ3v) is 7.46. The van der Waals surface area contributed by atoms with Crippen molar-refractivity contribution in [3.05, 3.63) is 64.2 Å². The molecule has 0 radical (unpaired) electrons. The van der Waals surface area contributed by atoms with Gasteiger partial charge in [0.05, 0.1) is 28.7 Å². The lowest BCUT2D eigenvalue weighted by molar-refractivity contribution is 0.0587. The molecule has 180 valence electrons. The zero-order chi connectivity index (χ0) is 23.9. The molecule has 1 saturated heterocycles. The first-order chi connectivity index (χ1) is 17.1. The number of fused-ring (bicyclic) bond motifs is 3. The van der Waals surface area contributed by atoms with Crippen LogP contribution < -0.4 is 10.3 Å². The van der Waals surface area contributed by atoms with Gasteiger partial charge in [-0.05, 0) is 43.5 Å². The number of carbonyl (C=O) groups excluding carboxylic acids is 1. The van der Waals surface area contributed by atoms with E-state index < -0.39 is 0 Å². The lowest BCUT2D eigenvalue weighted by Gasteiger charge is -2.32. The molecule has 1 N–H and O–H groups in total. The van der Waals surface area contributed by atoms with Gasteiger partial charge in [-0.1, -0.05) is 18.9 Å². The van der Waals surface area contributed by atoms with Crippen molar-refractivity contribution in [1.82, 2.24) is 24.6 Å². The van der Waals surface area contributed by atoms with Crippen LogP contribution in [0, 0.1) is 6.92 Å². The number of aromatic amines is 1. The summed E-state index contributed by atoms with van der Waals surface area (Å²) >= 11 is 0. The summed E-state index contributed by atoms with van der Waals surface area (Å²) in [6.45, 7) is 3.20. The minimum atomic E-state index is -0.134. The molecule has 0 bridgehead atoms. The van der Waals surface area contributed by atoms with Crippen molar-refractivity contribution in [1.29, 1.82) is 0 Å². The molecule has 2 fully saturated rings. The van der Waals surface area contributed by atoms with Crippen LogP contribution in [0.3, 0.4) is 0 Å². The van der Waals surface area contributed by atoms with Gasteiger partial charge in [0.1, 0.15) is 6.10 Å². The Bertz CT molecular complexity index is 1440. The number of rotatable bonds is 4. The van der Waals surface area contributed by atoms with Crippen molar-refractivity contribution in [2.45, 2.75) is 57.6 Å². The number of nitrogens with zero attached hydrogens (tertiary/aromatic N) is 4. The molecule has 4 heterocycles. The fraction of sp³-hybridized carbons (Fsp3) is 0.407. The van der Waals surface area contributed by atoms with Crippen molar-refractivity contribution in [3.63, 3.8) is 0 Å². The number of likely N-dealkylation sites (tertiary alicyclic amines) is 1. The Hall–Kier alpha value is -3.68. The van der Waals surface area contributed by atoms with Gasteiger partial charge in [-0.25, -0.2) is 4.98 Å². The standard InChI is InChI=1S/C27H29N5O3/c1-17-14-23-21(25-22(26(33)30-23)16-29-32(25)18-6-2-3-7-18)15-20(17)27(34)31-12-9-19(10-13-31)35-24-8-4-5-11-28-24/h4-5,8,11,14-16,18-19H,2-3,6-7,9-10,12-13H2,1H3,(H,30,33). The largest absolute Gasteiger partial charge is 0.474 e. The Labute approximate surface area is 202 Å². The normalized spacial score (nSPS) is 17.5. The predicted octanol–water partition coefficient (Wildman–Crippen LogP) is 4.38. The van der Waals surface area contributed by atoms with Crippen LogP contribution in [0.15, 0.2) is 47.5 Å². The molecule has 2 aliphatic rings. The Morgan fingerprint density at radius 2 is 1.89 bits per heavy atom. The summed E-state index contributed by atoms with van der Waals surface area (Å²) in [5.74, 6) is 0.645. The summed E-state index contributed by atoms with van der Waals surface area (Å²) in [7, 11) is 0. The first kappa shape index (κ1) is 21.8. The Morgan fingerprint density at radius 3 is 2.63 bits per heavy atom. The molecule has 35 heavy (non-hydrogen) atoms. The number of amides is 1. The van der Waals surface area contributed by atoms with Crippen molar-refractivity contribution >= 4 is 27.7 Å². The average Bonchev–Trinajstić information content (AvgIpc) is 3.55. The van der Waals surface area contributed by atoms with E-state index in [0.29, 0.717) is 36.0 Å². The third-order valence-electron chi connectivity index (χ3n) is 7.46. The molecular weight excluding hydrogens is 442 g/mol. The molecule has 8 nitrogen and oxygen atoms in total. The quantitative estimate of drug-likeness (QED) is 0.477. The van der Waals surface area contributed by atoms with Gasteiger partial charge in [-0.3, -0.25) is 14.3 Å². The molecule has 6 rings (SSSR count). The van der Waals surface area contributed by atoms with E-state index >= 15 is 0 Å². The minimum Gasteiger partial charge on any atom is -0.474 e. The van der Waals surface area contributed by atoms with Gasteiger partial charge >= 0.3 is 0 Å². The summed E-state index contributed by atoms with van der Waals surface area (Å²) in [6, 6.07) is 9.81. The van der Waals surface area contributed by atoms with Crippen molar-refractivity contribution in [2.75, 3.05) is 13.1 Å². The maximum Gasteiger partial charge on any atom is 0.259 e. The second-order valence-corrected chi connectivity index (χ2v) is 9.73. The van der Waals surface area contributed by atoms with Crippen molar-refractivity contribution < 1.29 is 9.53 Å². The van der Waals surface area contributed by atoms with E-state index in [2.05, 4.69) is 15.1 Å². The minimum absolute atomic E-state index is 0.0203. The van der Waals surface area contributed by atoms with Crippen LogP contribution in [0.5, 0.6) is 5.88 Å². The van der Waals surface area contributed by atoms with Crippen LogP contribution >= 0.6 is 0 Å². The van der Waals surface area contributed by atoms with Gasteiger partial charge in [0.15, 0.2) is 0 Å². The molecule has 0 atom stereocenters. The summed E-state index contributed by atoms with van der Waals surface area (Å²) in [5.41, 5.74) is 2.99. The third kappa shape index (κ3) is 3.96. The van der Waals surface area contributed by atoms with E-state index in [0.717, 1.165) is 47.7 Å². The monoisotopic (exact) mass is 471 g/mol. The van der Waals surface area contributed by atoms with E-state index in [9.17, 15) is 9.59 Å². The number of H-pyrrole nitrogens is 1. The fourth-order valence-electron chi connectivity index (χ4n) is 5.58. The summed E-state index contributed by atoms with van der Waals surface area (Å²) < 4.78 is 8.01. The molecule has 4 aromatic rings. The first-order valence-corrected chi connectivity index (χ1v) is 12.5. The number of carbonyl (C=O) groups is 1. The number of hydrogen-bond donors (Lipinski definition) is 1. The highest BCUT2D eigenvalue weighted by atomic mass is 16.5. The SMILES string of the molecule is Cc1cc2[nH]c(=O)c3cnn(C4CCCC4)c3c2cc1C(=O)N1CCC(Oc2ccccn2)CC1. The second kappa shape index (κ2) is 8.83. The van der Waals surface area contributed by atoms with E-state index in [1.165, 1.54) is 12.8 Å². The first-order valence-electron chi connectivity index (χ1n) is 12.5. The highest BCUT2D eigenvalue weighted by molar-refractivity contribution is 6.07. The lowest BCUT2D eigenvalue weighted by atomic mass is 10.0. The highest BCUT2D eigenvalue weighted by Gasteiger charge is 2.27. The van der Waals surface area contributed by atoms with Crippen molar-refractivity contribution in [2.24, 2.45) is 0 Å². The molecule has 8 heteroatoms. The van der Waals surface area contributed by atoms with Crippen LogP contribution in [0.4, 0.5) is 0 Å². The Kier molecular flexibility index (Phi) is 5.51. The van der Waals surface area contributed by atoms with Crippen LogP contribution in [-0.4, -0.2) is 49.7 Å². The van der Waals surface area contributed by atoms with E-state index in [1.54, 1.807) is 12.4 Å². The van der Waals surface area contributed by atoms with Crippen LogP contribution in [-0.2, 0) is 0 Å². The molecular formula is C27H29N5O3. The lowest BCUT2D eigenvalue weighted by Crippen LogP contribution is -2.42. The zero-order valence-corrected chi connectivity index (χ0v) is 19.9. The smallest absolute Gasteiger partial charge is 0.259 e. The van der Waals surface area contributed by atoms with E-state index in [-0.39, 0.29) is 17.6 Å². The number of ether oxygens (including phenoxy) is 1. The van der Waals surface area contributed by atoms with Crippen LogP contribution in [0.25, 0.3) is 21.8 Å². The maximum absolute atomic E-state index is 13.6. The maximum atomic E-state index is 13.6. The highest BCUT2D eigenvalue weighted by Crippen LogP contribution is 2.34. The second-order valence-electron chi connectivity index (χ2n) is 9.73. The Morgan fingerprint density at radius 1 is 1.09 bits per heavy atom. The van der Waals surface area contributed by atoms with Gasteiger partial charge < -0.3 is 14.6 Å². The van der Waals surface area contributed by atoms with E-state index in [1.807, 2.05) is 46.8 Å². The number of benzene rings is 1. The van der Waals surface area contributed by atoms with Crippen LogP contribution in [0.2, 0.25) is 0 Å². The molecule has 1 aliphatic carbocycles. The molecule has 1 amide bonds. The molecule has 0 unspecified atom stereocenters. The van der Waals surface area contributed by atoms with Gasteiger partial charge in [0.2, 0.25) is 5.88 Å². The van der Waals surface area contributed by atoms with Gasteiger partial charge in [0, 0.05) is 49.1 Å².